The van der Waals surface area contributed by atoms with Crippen LogP contribution in [0.3, 0.4) is 0 Å². The van der Waals surface area contributed by atoms with Crippen LogP contribution in [0.15, 0.2) is 0 Å². The van der Waals surface area contributed by atoms with E-state index in [1.54, 1.807) is 0 Å². The van der Waals surface area contributed by atoms with Gasteiger partial charge in [0.25, 0.3) is 0 Å². The molecule has 0 unspecified atom stereocenters. The summed E-state index contributed by atoms with van der Waals surface area (Å²) in [6.45, 7) is 8.60. The summed E-state index contributed by atoms with van der Waals surface area (Å²) in [5.74, 6) is 6.57. The third-order valence-electron chi connectivity index (χ3n) is 5.21. The Morgan fingerprint density at radius 3 is 2.32 bits per heavy atom. The zero-order valence-corrected chi connectivity index (χ0v) is 14.5. The molecule has 22 heavy (non-hydrogen) atoms. The summed E-state index contributed by atoms with van der Waals surface area (Å²) in [7, 11) is 0. The third kappa shape index (κ3) is 4.30. The first-order valence-electron chi connectivity index (χ1n) is 8.48. The molecule has 0 heterocycles. The van der Waals surface area contributed by atoms with Crippen LogP contribution in [0.25, 0.3) is 0 Å². The Morgan fingerprint density at radius 2 is 1.86 bits per heavy atom. The number of carbonyl (C=O) groups excluding carboxylic acids is 1. The molecule has 1 rings (SSSR count). The molecule has 1 fully saturated rings. The second-order valence-electron chi connectivity index (χ2n) is 7.17. The van der Waals surface area contributed by atoms with E-state index >= 15 is 0 Å². The van der Waals surface area contributed by atoms with Crippen LogP contribution in [0.4, 0.5) is 0 Å². The van der Waals surface area contributed by atoms with E-state index in [-0.39, 0.29) is 12.1 Å². The van der Waals surface area contributed by atoms with Crippen molar-refractivity contribution in [3.05, 3.63) is 0 Å². The van der Waals surface area contributed by atoms with Gasteiger partial charge in [-0.3, -0.25) is 4.79 Å². The zero-order chi connectivity index (χ0) is 16.8. The molecule has 0 spiro atoms. The highest BCUT2D eigenvalue weighted by molar-refractivity contribution is 5.78. The fourth-order valence-electron chi connectivity index (χ4n) is 3.50. The van der Waals surface area contributed by atoms with E-state index < -0.39 is 5.41 Å². The van der Waals surface area contributed by atoms with Gasteiger partial charge in [-0.25, -0.2) is 0 Å². The van der Waals surface area contributed by atoms with E-state index in [9.17, 15) is 4.79 Å². The molecular formula is C20H30O2. The van der Waals surface area contributed by atoms with Crippen LogP contribution in [0.2, 0.25) is 0 Å². The molecule has 1 aliphatic rings. The van der Waals surface area contributed by atoms with Crippen molar-refractivity contribution in [1.82, 2.24) is 0 Å². The average Bonchev–Trinajstić information content (AvgIpc) is 2.46. The molecule has 0 saturated heterocycles. The quantitative estimate of drug-likeness (QED) is 0.536. The van der Waals surface area contributed by atoms with Gasteiger partial charge in [0.1, 0.15) is 6.10 Å². The van der Waals surface area contributed by atoms with Gasteiger partial charge in [0.2, 0.25) is 0 Å². The van der Waals surface area contributed by atoms with Crippen molar-refractivity contribution in [1.29, 1.82) is 0 Å². The Hall–Kier alpha value is -1.41. The number of ether oxygens (including phenoxy) is 1. The summed E-state index contributed by atoms with van der Waals surface area (Å²) in [6, 6.07) is 0. The predicted octanol–water partition coefficient (Wildman–Crippen LogP) is 4.43. The van der Waals surface area contributed by atoms with Gasteiger partial charge >= 0.3 is 5.97 Å². The van der Waals surface area contributed by atoms with Gasteiger partial charge < -0.3 is 4.74 Å². The molecule has 0 aliphatic heterocycles. The standard InChI is InChI=1S/C20H30O2/c1-7-12-20(9-3,13-8-2)19(21)22-18-14-16(6)10-11-17(18)15(4)5/h1-2,15-18H,9-14H2,3-6H3/t16-,17+,18-/m0/s1. The molecule has 2 heteroatoms. The highest BCUT2D eigenvalue weighted by Gasteiger charge is 2.41. The van der Waals surface area contributed by atoms with E-state index in [1.165, 1.54) is 6.42 Å². The smallest absolute Gasteiger partial charge is 0.314 e. The normalized spacial score (nSPS) is 25.3. The number of hydrogen-bond acceptors (Lipinski definition) is 2. The second kappa shape index (κ2) is 8.28. The van der Waals surface area contributed by atoms with E-state index in [0.29, 0.717) is 37.0 Å². The SMILES string of the molecule is C#CCC(CC)(CC#C)C(=O)O[C@H]1C[C@@H](C)CC[C@@H]1C(C)C. The largest absolute Gasteiger partial charge is 0.462 e. The van der Waals surface area contributed by atoms with Crippen LogP contribution < -0.4 is 0 Å². The lowest BCUT2D eigenvalue weighted by Crippen LogP contribution is -2.41. The number of hydrogen-bond donors (Lipinski definition) is 0. The lowest BCUT2D eigenvalue weighted by molar-refractivity contribution is -0.168. The van der Waals surface area contributed by atoms with Crippen LogP contribution in [-0.4, -0.2) is 12.1 Å². The maximum atomic E-state index is 12.8. The van der Waals surface area contributed by atoms with E-state index in [4.69, 9.17) is 17.6 Å². The minimum absolute atomic E-state index is 0.00211. The van der Waals surface area contributed by atoms with E-state index in [2.05, 4.69) is 32.6 Å². The summed E-state index contributed by atoms with van der Waals surface area (Å²) < 4.78 is 5.97. The minimum atomic E-state index is -0.717. The Kier molecular flexibility index (Phi) is 7.02. The van der Waals surface area contributed by atoms with Gasteiger partial charge in [-0.2, -0.15) is 0 Å². The van der Waals surface area contributed by atoms with Crippen LogP contribution in [0.1, 0.15) is 66.2 Å². The maximum absolute atomic E-state index is 12.8. The fraction of sp³-hybridized carbons (Fsp3) is 0.750. The summed E-state index contributed by atoms with van der Waals surface area (Å²) in [4.78, 5) is 12.8. The van der Waals surface area contributed by atoms with Crippen molar-refractivity contribution in [2.75, 3.05) is 0 Å². The molecule has 122 valence electrons. The lowest BCUT2D eigenvalue weighted by Gasteiger charge is -2.39. The van der Waals surface area contributed by atoms with Gasteiger partial charge in [0, 0.05) is 12.8 Å². The van der Waals surface area contributed by atoms with Crippen LogP contribution in [0.5, 0.6) is 0 Å². The minimum Gasteiger partial charge on any atom is -0.462 e. The first-order chi connectivity index (χ1) is 10.4. The topological polar surface area (TPSA) is 26.3 Å². The Balaban J connectivity index is 2.90. The number of esters is 1. The van der Waals surface area contributed by atoms with E-state index in [1.807, 2.05) is 6.92 Å². The average molecular weight is 302 g/mol. The molecule has 0 aromatic rings. The number of terminal acetylenes is 2. The van der Waals surface area contributed by atoms with Gasteiger partial charge in [-0.1, -0.05) is 34.1 Å². The van der Waals surface area contributed by atoms with Crippen LogP contribution >= 0.6 is 0 Å². The molecule has 0 aromatic carbocycles. The zero-order valence-electron chi connectivity index (χ0n) is 14.5. The molecular weight excluding hydrogens is 272 g/mol. The first kappa shape index (κ1) is 18.6. The molecule has 0 radical (unpaired) electrons. The molecule has 0 aromatic heterocycles. The van der Waals surface area contributed by atoms with Gasteiger partial charge in [-0.15, -0.1) is 24.7 Å². The summed E-state index contributed by atoms with van der Waals surface area (Å²) in [5, 5.41) is 0. The summed E-state index contributed by atoms with van der Waals surface area (Å²) in [5.41, 5.74) is -0.717. The molecule has 2 nitrogen and oxygen atoms in total. The fourth-order valence-corrected chi connectivity index (χ4v) is 3.50. The van der Waals surface area contributed by atoms with Crippen molar-refractivity contribution in [3.8, 4) is 24.7 Å². The van der Waals surface area contributed by atoms with Gasteiger partial charge in [-0.05, 0) is 37.0 Å². The van der Waals surface area contributed by atoms with Crippen molar-refractivity contribution < 1.29 is 9.53 Å². The van der Waals surface area contributed by atoms with Crippen molar-refractivity contribution in [2.24, 2.45) is 23.2 Å². The Bertz CT molecular complexity index is 433. The van der Waals surface area contributed by atoms with Crippen molar-refractivity contribution in [3.63, 3.8) is 0 Å². The van der Waals surface area contributed by atoms with E-state index in [0.717, 1.165) is 12.8 Å². The predicted molar refractivity (Wildman–Crippen MR) is 90.8 cm³/mol. The summed E-state index contributed by atoms with van der Waals surface area (Å²) in [6.07, 6.45) is 15.5. The Morgan fingerprint density at radius 1 is 1.27 bits per heavy atom. The Labute approximate surface area is 136 Å². The number of carbonyl (C=O) groups is 1. The van der Waals surface area contributed by atoms with Crippen molar-refractivity contribution in [2.45, 2.75) is 72.3 Å². The molecule has 0 N–H and O–H groups in total. The van der Waals surface area contributed by atoms with Gasteiger partial charge in [0.15, 0.2) is 0 Å². The highest BCUT2D eigenvalue weighted by Crippen LogP contribution is 2.38. The second-order valence-corrected chi connectivity index (χ2v) is 7.17. The van der Waals surface area contributed by atoms with Crippen molar-refractivity contribution >= 4 is 5.97 Å². The highest BCUT2D eigenvalue weighted by atomic mass is 16.5. The molecule has 1 aliphatic carbocycles. The maximum Gasteiger partial charge on any atom is 0.314 e. The first-order valence-corrected chi connectivity index (χ1v) is 8.48. The monoisotopic (exact) mass is 302 g/mol. The lowest BCUT2D eigenvalue weighted by atomic mass is 9.74. The number of rotatable bonds is 6. The van der Waals surface area contributed by atoms with Crippen LogP contribution in [-0.2, 0) is 9.53 Å². The molecule has 1 saturated carbocycles. The summed E-state index contributed by atoms with van der Waals surface area (Å²) >= 11 is 0. The molecule has 0 amide bonds. The molecule has 0 bridgehead atoms. The third-order valence-corrected chi connectivity index (χ3v) is 5.21. The van der Waals surface area contributed by atoms with Crippen LogP contribution in [0, 0.1) is 47.9 Å². The molecule has 3 atom stereocenters. The van der Waals surface area contributed by atoms with Gasteiger partial charge in [0.05, 0.1) is 5.41 Å².